The second-order valence-corrected chi connectivity index (χ2v) is 5.72. The number of benzene rings is 1. The molecule has 1 aromatic heterocycles. The van der Waals surface area contributed by atoms with Crippen LogP contribution >= 0.6 is 0 Å². The molecule has 5 nitrogen and oxygen atoms in total. The Morgan fingerprint density at radius 3 is 2.61 bits per heavy atom. The van der Waals surface area contributed by atoms with Crippen LogP contribution in [0.4, 0.5) is 5.69 Å². The SMILES string of the molecule is CC(C)n1ncnc1CS(=O)c1ccc(N)cc1. The molecular formula is C12H16N4OS. The summed E-state index contributed by atoms with van der Waals surface area (Å²) in [7, 11) is -1.13. The van der Waals surface area contributed by atoms with Crippen molar-refractivity contribution < 1.29 is 4.21 Å². The van der Waals surface area contributed by atoms with Crippen LogP contribution in [0.3, 0.4) is 0 Å². The molecule has 0 aliphatic rings. The lowest BCUT2D eigenvalue weighted by Crippen LogP contribution is -2.10. The number of nitrogens with zero attached hydrogens (tertiary/aromatic N) is 3. The van der Waals surface area contributed by atoms with Crippen LogP contribution in [0.1, 0.15) is 25.7 Å². The summed E-state index contributed by atoms with van der Waals surface area (Å²) < 4.78 is 14.0. The number of nitrogens with two attached hydrogens (primary N) is 1. The molecule has 2 aromatic rings. The number of aromatic nitrogens is 3. The summed E-state index contributed by atoms with van der Waals surface area (Å²) in [5.41, 5.74) is 6.27. The molecule has 2 rings (SSSR count). The molecule has 0 spiro atoms. The highest BCUT2D eigenvalue weighted by Crippen LogP contribution is 2.14. The molecule has 0 amide bonds. The predicted octanol–water partition coefficient (Wildman–Crippen LogP) is 1.75. The van der Waals surface area contributed by atoms with Crippen LogP contribution < -0.4 is 5.73 Å². The monoisotopic (exact) mass is 264 g/mol. The lowest BCUT2D eigenvalue weighted by atomic mass is 10.3. The zero-order valence-corrected chi connectivity index (χ0v) is 11.2. The van der Waals surface area contributed by atoms with Crippen molar-refractivity contribution >= 4 is 16.5 Å². The minimum atomic E-state index is -1.13. The van der Waals surface area contributed by atoms with Gasteiger partial charge in [-0.25, -0.2) is 9.67 Å². The lowest BCUT2D eigenvalue weighted by Gasteiger charge is -2.09. The normalized spacial score (nSPS) is 12.8. The van der Waals surface area contributed by atoms with E-state index < -0.39 is 10.8 Å². The first-order chi connectivity index (χ1) is 8.58. The van der Waals surface area contributed by atoms with Gasteiger partial charge in [0.2, 0.25) is 0 Å². The van der Waals surface area contributed by atoms with Crippen molar-refractivity contribution in [3.05, 3.63) is 36.4 Å². The fourth-order valence-electron chi connectivity index (χ4n) is 1.63. The first-order valence-corrected chi connectivity index (χ1v) is 7.02. The fraction of sp³-hybridized carbons (Fsp3) is 0.333. The molecular weight excluding hydrogens is 248 g/mol. The van der Waals surface area contributed by atoms with Gasteiger partial charge in [-0.05, 0) is 38.1 Å². The molecule has 0 aliphatic heterocycles. The topological polar surface area (TPSA) is 73.8 Å². The smallest absolute Gasteiger partial charge is 0.140 e. The minimum Gasteiger partial charge on any atom is -0.399 e. The Labute approximate surface area is 108 Å². The van der Waals surface area contributed by atoms with E-state index in [1.54, 1.807) is 28.9 Å². The molecule has 0 saturated carbocycles. The van der Waals surface area contributed by atoms with E-state index in [-0.39, 0.29) is 6.04 Å². The van der Waals surface area contributed by atoms with Gasteiger partial charge in [0.1, 0.15) is 12.2 Å². The zero-order chi connectivity index (χ0) is 13.1. The number of hydrogen-bond donors (Lipinski definition) is 1. The van der Waals surface area contributed by atoms with Gasteiger partial charge in [0.15, 0.2) is 0 Å². The van der Waals surface area contributed by atoms with Gasteiger partial charge in [0.25, 0.3) is 0 Å². The van der Waals surface area contributed by atoms with Gasteiger partial charge in [-0.1, -0.05) is 0 Å². The van der Waals surface area contributed by atoms with Crippen molar-refractivity contribution in [1.29, 1.82) is 0 Å². The van der Waals surface area contributed by atoms with Gasteiger partial charge in [-0.2, -0.15) is 5.10 Å². The van der Waals surface area contributed by atoms with Crippen LogP contribution in [-0.4, -0.2) is 19.0 Å². The minimum absolute atomic E-state index is 0.214. The molecule has 2 N–H and O–H groups in total. The summed E-state index contributed by atoms with van der Waals surface area (Å²) in [5.74, 6) is 1.10. The van der Waals surface area contributed by atoms with E-state index in [1.807, 2.05) is 13.8 Å². The number of anilines is 1. The maximum atomic E-state index is 12.2. The molecule has 1 unspecified atom stereocenters. The summed E-state index contributed by atoms with van der Waals surface area (Å²) in [4.78, 5) is 4.91. The number of nitrogen functional groups attached to an aromatic ring is 1. The highest BCUT2D eigenvalue weighted by molar-refractivity contribution is 7.84. The molecule has 1 atom stereocenters. The molecule has 0 saturated heterocycles. The van der Waals surface area contributed by atoms with E-state index >= 15 is 0 Å². The third-order valence-electron chi connectivity index (χ3n) is 2.54. The first kappa shape index (κ1) is 12.8. The first-order valence-electron chi connectivity index (χ1n) is 5.70. The highest BCUT2D eigenvalue weighted by Gasteiger charge is 2.12. The van der Waals surface area contributed by atoms with Crippen LogP contribution in [0.15, 0.2) is 35.5 Å². The molecule has 0 aliphatic carbocycles. The summed E-state index contributed by atoms with van der Waals surface area (Å²) >= 11 is 0. The van der Waals surface area contributed by atoms with E-state index in [9.17, 15) is 4.21 Å². The fourth-order valence-corrected chi connectivity index (χ4v) is 2.68. The second kappa shape index (κ2) is 5.30. The van der Waals surface area contributed by atoms with Gasteiger partial charge >= 0.3 is 0 Å². The van der Waals surface area contributed by atoms with Crippen LogP contribution in [0.5, 0.6) is 0 Å². The average molecular weight is 264 g/mol. The molecule has 0 fully saturated rings. The second-order valence-electron chi connectivity index (χ2n) is 4.27. The Morgan fingerprint density at radius 1 is 1.33 bits per heavy atom. The van der Waals surface area contributed by atoms with Crippen molar-refractivity contribution in [2.75, 3.05) is 5.73 Å². The van der Waals surface area contributed by atoms with Crippen molar-refractivity contribution in [2.45, 2.75) is 30.5 Å². The standard InChI is InChI=1S/C12H16N4OS/c1-9(2)16-12(14-8-15-16)7-18(17)11-5-3-10(13)4-6-11/h3-6,8-9H,7,13H2,1-2H3. The largest absolute Gasteiger partial charge is 0.399 e. The summed E-state index contributed by atoms with van der Waals surface area (Å²) in [6.07, 6.45) is 1.50. The Morgan fingerprint density at radius 2 is 2.00 bits per heavy atom. The van der Waals surface area contributed by atoms with E-state index in [0.717, 1.165) is 10.7 Å². The molecule has 6 heteroatoms. The average Bonchev–Trinajstić information content (AvgIpc) is 2.78. The Bertz CT molecular complexity index is 547. The number of hydrogen-bond acceptors (Lipinski definition) is 4. The third-order valence-corrected chi connectivity index (χ3v) is 3.86. The van der Waals surface area contributed by atoms with Gasteiger partial charge in [0.05, 0.1) is 16.6 Å². The Kier molecular flexibility index (Phi) is 3.76. The van der Waals surface area contributed by atoms with Gasteiger partial charge < -0.3 is 5.73 Å². The Hall–Kier alpha value is -1.69. The van der Waals surface area contributed by atoms with E-state index in [1.165, 1.54) is 6.33 Å². The maximum Gasteiger partial charge on any atom is 0.140 e. The third kappa shape index (κ3) is 2.76. The van der Waals surface area contributed by atoms with Crippen molar-refractivity contribution in [3.8, 4) is 0 Å². The predicted molar refractivity (Wildman–Crippen MR) is 71.4 cm³/mol. The van der Waals surface area contributed by atoms with Crippen molar-refractivity contribution in [2.24, 2.45) is 0 Å². The van der Waals surface area contributed by atoms with Crippen LogP contribution in [0, 0.1) is 0 Å². The van der Waals surface area contributed by atoms with Crippen LogP contribution in [0.2, 0.25) is 0 Å². The van der Waals surface area contributed by atoms with E-state index in [0.29, 0.717) is 11.4 Å². The molecule has 96 valence electrons. The summed E-state index contributed by atoms with van der Waals surface area (Å²) in [6, 6.07) is 7.27. The van der Waals surface area contributed by atoms with Crippen LogP contribution in [-0.2, 0) is 16.6 Å². The van der Waals surface area contributed by atoms with E-state index in [4.69, 9.17) is 5.73 Å². The molecule has 1 aromatic carbocycles. The van der Waals surface area contributed by atoms with Crippen molar-refractivity contribution in [3.63, 3.8) is 0 Å². The highest BCUT2D eigenvalue weighted by atomic mass is 32.2. The van der Waals surface area contributed by atoms with Gasteiger partial charge in [-0.3, -0.25) is 4.21 Å². The summed E-state index contributed by atoms with van der Waals surface area (Å²) in [5, 5.41) is 4.13. The lowest BCUT2D eigenvalue weighted by molar-refractivity contribution is 0.513. The quantitative estimate of drug-likeness (QED) is 0.854. The maximum absolute atomic E-state index is 12.2. The molecule has 1 heterocycles. The van der Waals surface area contributed by atoms with Gasteiger partial charge in [0, 0.05) is 16.6 Å². The molecule has 0 bridgehead atoms. The molecule has 0 radical (unpaired) electrons. The number of rotatable bonds is 4. The van der Waals surface area contributed by atoms with E-state index in [2.05, 4.69) is 10.1 Å². The van der Waals surface area contributed by atoms with Gasteiger partial charge in [-0.15, -0.1) is 0 Å². The molecule has 18 heavy (non-hydrogen) atoms. The summed E-state index contributed by atoms with van der Waals surface area (Å²) in [6.45, 7) is 4.04. The zero-order valence-electron chi connectivity index (χ0n) is 10.4. The van der Waals surface area contributed by atoms with Crippen molar-refractivity contribution in [1.82, 2.24) is 14.8 Å². The Balaban J connectivity index is 2.16. The van der Waals surface area contributed by atoms with Crippen LogP contribution in [0.25, 0.3) is 0 Å².